The molecule has 1 aromatic carbocycles. The standard InChI is InChI=1S/C12H15N3O/c1-9-8-14-12(16)15(9)11-5-3-2-4-10(11)6-7-13/h2-5,8H,6-7,13H2,1H3,(H,14,16). The second-order valence-corrected chi connectivity index (χ2v) is 3.74. The molecule has 0 unspecified atom stereocenters. The lowest BCUT2D eigenvalue weighted by Gasteiger charge is -2.09. The van der Waals surface area contributed by atoms with Gasteiger partial charge in [-0.1, -0.05) is 18.2 Å². The van der Waals surface area contributed by atoms with Gasteiger partial charge in [-0.15, -0.1) is 0 Å². The Kier molecular flexibility index (Phi) is 2.92. The van der Waals surface area contributed by atoms with Crippen LogP contribution in [-0.4, -0.2) is 16.1 Å². The van der Waals surface area contributed by atoms with E-state index in [1.807, 2.05) is 31.2 Å². The molecular formula is C12H15N3O. The number of para-hydroxylation sites is 1. The van der Waals surface area contributed by atoms with E-state index in [0.29, 0.717) is 6.54 Å². The molecule has 3 N–H and O–H groups in total. The third-order valence-corrected chi connectivity index (χ3v) is 2.61. The molecule has 0 atom stereocenters. The molecule has 0 aliphatic rings. The molecule has 0 bridgehead atoms. The van der Waals surface area contributed by atoms with Gasteiger partial charge in [-0.25, -0.2) is 4.79 Å². The minimum absolute atomic E-state index is 0.109. The number of rotatable bonds is 3. The van der Waals surface area contributed by atoms with E-state index in [2.05, 4.69) is 4.98 Å². The molecule has 0 fully saturated rings. The number of hydrogen-bond acceptors (Lipinski definition) is 2. The zero-order chi connectivity index (χ0) is 11.5. The first-order chi connectivity index (χ1) is 7.74. The summed E-state index contributed by atoms with van der Waals surface area (Å²) >= 11 is 0. The summed E-state index contributed by atoms with van der Waals surface area (Å²) in [6.45, 7) is 2.48. The molecule has 1 aromatic heterocycles. The summed E-state index contributed by atoms with van der Waals surface area (Å²) in [5, 5.41) is 0. The minimum Gasteiger partial charge on any atom is -0.330 e. The van der Waals surface area contributed by atoms with E-state index >= 15 is 0 Å². The average Bonchev–Trinajstić information content (AvgIpc) is 2.60. The molecule has 2 rings (SSSR count). The van der Waals surface area contributed by atoms with E-state index in [9.17, 15) is 4.79 Å². The first-order valence-electron chi connectivity index (χ1n) is 5.29. The van der Waals surface area contributed by atoms with Crippen molar-refractivity contribution in [3.63, 3.8) is 0 Å². The second-order valence-electron chi connectivity index (χ2n) is 3.74. The average molecular weight is 217 g/mol. The number of nitrogens with two attached hydrogens (primary N) is 1. The van der Waals surface area contributed by atoms with Crippen molar-refractivity contribution in [1.29, 1.82) is 0 Å². The van der Waals surface area contributed by atoms with Crippen molar-refractivity contribution in [3.05, 3.63) is 52.2 Å². The van der Waals surface area contributed by atoms with E-state index in [-0.39, 0.29) is 5.69 Å². The van der Waals surface area contributed by atoms with Crippen LogP contribution in [0.25, 0.3) is 5.69 Å². The van der Waals surface area contributed by atoms with Gasteiger partial charge < -0.3 is 10.7 Å². The summed E-state index contributed by atoms with van der Waals surface area (Å²) in [6.07, 6.45) is 2.48. The molecule has 0 spiro atoms. The predicted octanol–water partition coefficient (Wildman–Crippen LogP) is 0.975. The monoisotopic (exact) mass is 217 g/mol. The summed E-state index contributed by atoms with van der Waals surface area (Å²) in [6, 6.07) is 7.82. The molecule has 0 saturated carbocycles. The first-order valence-corrected chi connectivity index (χ1v) is 5.29. The maximum Gasteiger partial charge on any atom is 0.330 e. The van der Waals surface area contributed by atoms with Crippen LogP contribution in [0.3, 0.4) is 0 Å². The van der Waals surface area contributed by atoms with Crippen LogP contribution >= 0.6 is 0 Å². The van der Waals surface area contributed by atoms with E-state index in [4.69, 9.17) is 5.73 Å². The van der Waals surface area contributed by atoms with Crippen molar-refractivity contribution in [2.45, 2.75) is 13.3 Å². The van der Waals surface area contributed by atoms with E-state index in [1.54, 1.807) is 10.8 Å². The van der Waals surface area contributed by atoms with Crippen LogP contribution < -0.4 is 11.4 Å². The largest absolute Gasteiger partial charge is 0.330 e. The Morgan fingerprint density at radius 3 is 2.75 bits per heavy atom. The van der Waals surface area contributed by atoms with Gasteiger partial charge in [-0.3, -0.25) is 4.57 Å². The van der Waals surface area contributed by atoms with Gasteiger partial charge in [-0.2, -0.15) is 0 Å². The Hall–Kier alpha value is -1.81. The third-order valence-electron chi connectivity index (χ3n) is 2.61. The number of aromatic nitrogens is 2. The van der Waals surface area contributed by atoms with Gasteiger partial charge in [0.15, 0.2) is 0 Å². The Balaban J connectivity index is 2.60. The van der Waals surface area contributed by atoms with Gasteiger partial charge in [0.1, 0.15) is 0 Å². The van der Waals surface area contributed by atoms with Crippen LogP contribution in [0.15, 0.2) is 35.3 Å². The maximum atomic E-state index is 11.7. The summed E-state index contributed by atoms with van der Waals surface area (Å²) in [5.74, 6) is 0. The van der Waals surface area contributed by atoms with E-state index in [0.717, 1.165) is 23.4 Å². The van der Waals surface area contributed by atoms with Crippen LogP contribution in [0.1, 0.15) is 11.3 Å². The summed E-state index contributed by atoms with van der Waals surface area (Å²) in [5.41, 5.74) is 8.36. The van der Waals surface area contributed by atoms with Gasteiger partial charge in [0.25, 0.3) is 0 Å². The molecule has 2 aromatic rings. The highest BCUT2D eigenvalue weighted by molar-refractivity contribution is 5.42. The molecule has 0 aliphatic heterocycles. The number of benzene rings is 1. The molecule has 4 nitrogen and oxygen atoms in total. The lowest BCUT2D eigenvalue weighted by Crippen LogP contribution is -2.18. The van der Waals surface area contributed by atoms with Crippen molar-refractivity contribution < 1.29 is 0 Å². The van der Waals surface area contributed by atoms with Crippen molar-refractivity contribution >= 4 is 0 Å². The second kappa shape index (κ2) is 4.37. The van der Waals surface area contributed by atoms with Gasteiger partial charge in [0, 0.05) is 11.9 Å². The number of nitrogens with one attached hydrogen (secondary N) is 1. The number of hydrogen-bond donors (Lipinski definition) is 2. The highest BCUT2D eigenvalue weighted by Gasteiger charge is 2.08. The maximum absolute atomic E-state index is 11.7. The number of aryl methyl sites for hydroxylation is 1. The molecule has 0 aliphatic carbocycles. The number of imidazole rings is 1. The highest BCUT2D eigenvalue weighted by Crippen LogP contribution is 2.14. The molecular weight excluding hydrogens is 202 g/mol. The Labute approximate surface area is 93.7 Å². The van der Waals surface area contributed by atoms with Crippen molar-refractivity contribution in [2.24, 2.45) is 5.73 Å². The fourth-order valence-corrected chi connectivity index (χ4v) is 1.85. The highest BCUT2D eigenvalue weighted by atomic mass is 16.1. The third kappa shape index (κ3) is 1.79. The Morgan fingerprint density at radius 1 is 1.38 bits per heavy atom. The number of H-pyrrole nitrogens is 1. The molecule has 84 valence electrons. The lowest BCUT2D eigenvalue weighted by atomic mass is 10.1. The zero-order valence-electron chi connectivity index (χ0n) is 9.23. The number of nitrogens with zero attached hydrogens (tertiary/aromatic N) is 1. The fraction of sp³-hybridized carbons (Fsp3) is 0.250. The smallest absolute Gasteiger partial charge is 0.330 e. The molecule has 0 saturated heterocycles. The molecule has 0 amide bonds. The summed E-state index contributed by atoms with van der Waals surface area (Å²) < 4.78 is 1.67. The molecule has 16 heavy (non-hydrogen) atoms. The topological polar surface area (TPSA) is 63.8 Å². The van der Waals surface area contributed by atoms with Gasteiger partial charge in [0.2, 0.25) is 0 Å². The first kappa shape index (κ1) is 10.7. The van der Waals surface area contributed by atoms with Crippen molar-refractivity contribution in [2.75, 3.05) is 6.54 Å². The van der Waals surface area contributed by atoms with Crippen LogP contribution in [0, 0.1) is 6.92 Å². The lowest BCUT2D eigenvalue weighted by molar-refractivity contribution is 0.897. The van der Waals surface area contributed by atoms with Crippen LogP contribution in [0.4, 0.5) is 0 Å². The molecule has 0 radical (unpaired) electrons. The van der Waals surface area contributed by atoms with Gasteiger partial charge in [-0.05, 0) is 31.5 Å². The van der Waals surface area contributed by atoms with Crippen molar-refractivity contribution in [1.82, 2.24) is 9.55 Å². The minimum atomic E-state index is -0.109. The fourth-order valence-electron chi connectivity index (χ4n) is 1.85. The van der Waals surface area contributed by atoms with E-state index in [1.165, 1.54) is 0 Å². The normalized spacial score (nSPS) is 10.6. The quantitative estimate of drug-likeness (QED) is 0.804. The molecule has 4 heteroatoms. The van der Waals surface area contributed by atoms with Gasteiger partial charge in [0.05, 0.1) is 5.69 Å². The Morgan fingerprint density at radius 2 is 2.12 bits per heavy atom. The van der Waals surface area contributed by atoms with Crippen LogP contribution in [0.2, 0.25) is 0 Å². The van der Waals surface area contributed by atoms with Crippen LogP contribution in [-0.2, 0) is 6.42 Å². The number of aromatic amines is 1. The zero-order valence-corrected chi connectivity index (χ0v) is 9.23. The van der Waals surface area contributed by atoms with Gasteiger partial charge >= 0.3 is 5.69 Å². The predicted molar refractivity (Wildman–Crippen MR) is 63.9 cm³/mol. The van der Waals surface area contributed by atoms with E-state index < -0.39 is 0 Å². The SMILES string of the molecule is Cc1c[nH]c(=O)n1-c1ccccc1CCN. The van der Waals surface area contributed by atoms with Crippen LogP contribution in [0.5, 0.6) is 0 Å². The molecule has 1 heterocycles. The summed E-state index contributed by atoms with van der Waals surface area (Å²) in [4.78, 5) is 14.4. The van der Waals surface area contributed by atoms with Crippen molar-refractivity contribution in [3.8, 4) is 5.69 Å². The summed E-state index contributed by atoms with van der Waals surface area (Å²) in [7, 11) is 0. The Bertz CT molecular complexity index is 539.